The Morgan fingerprint density at radius 3 is 2.43 bits per heavy atom. The number of amides is 1. The predicted molar refractivity (Wildman–Crippen MR) is 66.8 cm³/mol. The number of carbonyl (C=O) groups is 1. The monoisotopic (exact) mass is 300 g/mol. The first-order chi connectivity index (χ1) is 9.82. The maximum Gasteiger partial charge on any atom is 0.451 e. The molecule has 0 radical (unpaired) electrons. The van der Waals surface area contributed by atoms with Crippen molar-refractivity contribution in [1.29, 1.82) is 0 Å². The highest BCUT2D eigenvalue weighted by Crippen LogP contribution is 2.29. The van der Waals surface area contributed by atoms with Gasteiger partial charge in [0.1, 0.15) is 5.75 Å². The van der Waals surface area contributed by atoms with Gasteiger partial charge in [0.25, 0.3) is 5.91 Å². The molecule has 21 heavy (non-hydrogen) atoms. The maximum absolute atomic E-state index is 12.7. The van der Waals surface area contributed by atoms with Gasteiger partial charge in [0.05, 0.1) is 0 Å². The molecule has 0 aliphatic rings. The second-order valence-corrected chi connectivity index (χ2v) is 4.09. The molecule has 0 spiro atoms. The van der Waals surface area contributed by atoms with Crippen molar-refractivity contribution < 1.29 is 23.1 Å². The van der Waals surface area contributed by atoms with Crippen LogP contribution in [-0.4, -0.2) is 25.8 Å². The first kappa shape index (κ1) is 14.8. The number of phenolic OH excluding ortho intramolecular Hbond substituents is 1. The molecule has 2 rings (SSSR count). The van der Waals surface area contributed by atoms with Gasteiger partial charge < -0.3 is 5.11 Å². The number of nitrogens with zero attached hydrogens (tertiary/aromatic N) is 3. The highest BCUT2D eigenvalue weighted by atomic mass is 19.4. The molecule has 6 nitrogen and oxygen atoms in total. The van der Waals surface area contributed by atoms with Crippen LogP contribution in [0.3, 0.4) is 0 Å². The summed E-state index contributed by atoms with van der Waals surface area (Å²) in [5.41, 5.74) is 0.173. The predicted octanol–water partition coefficient (Wildman–Crippen LogP) is 2.27. The van der Waals surface area contributed by atoms with E-state index in [1.54, 1.807) is 0 Å². The molecule has 0 atom stereocenters. The van der Waals surface area contributed by atoms with Gasteiger partial charge in [-0.2, -0.15) is 13.2 Å². The van der Waals surface area contributed by atoms with Gasteiger partial charge in [0.15, 0.2) is 0 Å². The van der Waals surface area contributed by atoms with E-state index in [2.05, 4.69) is 15.5 Å². The van der Waals surface area contributed by atoms with Gasteiger partial charge in [-0.1, -0.05) is 0 Å². The van der Waals surface area contributed by atoms with Gasteiger partial charge >= 0.3 is 6.18 Å². The van der Waals surface area contributed by atoms with E-state index >= 15 is 0 Å². The average Bonchev–Trinajstić information content (AvgIpc) is 2.82. The van der Waals surface area contributed by atoms with Gasteiger partial charge in [-0.25, -0.2) is 0 Å². The van der Waals surface area contributed by atoms with Crippen LogP contribution in [0.1, 0.15) is 23.1 Å². The van der Waals surface area contributed by atoms with Crippen LogP contribution in [0.5, 0.6) is 5.75 Å². The number of carbonyl (C=O) groups excluding carboxylic acids is 1. The molecule has 2 aromatic rings. The van der Waals surface area contributed by atoms with E-state index in [-0.39, 0.29) is 23.8 Å². The zero-order valence-corrected chi connectivity index (χ0v) is 10.8. The Morgan fingerprint density at radius 1 is 1.29 bits per heavy atom. The number of phenols is 1. The molecule has 112 valence electrons. The topological polar surface area (TPSA) is 80.0 Å². The van der Waals surface area contributed by atoms with E-state index in [0.29, 0.717) is 0 Å². The lowest BCUT2D eigenvalue weighted by atomic mass is 10.2. The third-order valence-corrected chi connectivity index (χ3v) is 2.68. The standard InChI is InChI=1S/C12H11F3N4O2/c1-2-19-10(12(13,14)15)17-18-11(19)16-9(21)7-3-5-8(20)6-4-7/h3-6,20H,2H2,1H3,(H,16,18,21). The first-order valence-corrected chi connectivity index (χ1v) is 5.93. The molecule has 1 heterocycles. The summed E-state index contributed by atoms with van der Waals surface area (Å²) in [6.45, 7) is 1.43. The second-order valence-electron chi connectivity index (χ2n) is 4.09. The SMILES string of the molecule is CCn1c(NC(=O)c2ccc(O)cc2)nnc1C(F)(F)F. The highest BCUT2D eigenvalue weighted by molar-refractivity contribution is 6.03. The van der Waals surface area contributed by atoms with Crippen LogP contribution in [0.15, 0.2) is 24.3 Å². The zero-order chi connectivity index (χ0) is 15.6. The number of rotatable bonds is 3. The summed E-state index contributed by atoms with van der Waals surface area (Å²) < 4.78 is 38.8. The van der Waals surface area contributed by atoms with Crippen molar-refractivity contribution in [3.8, 4) is 5.75 Å². The van der Waals surface area contributed by atoms with Crippen LogP contribution in [-0.2, 0) is 12.7 Å². The lowest BCUT2D eigenvalue weighted by Crippen LogP contribution is -2.19. The quantitative estimate of drug-likeness (QED) is 0.911. The molecule has 2 N–H and O–H groups in total. The van der Waals surface area contributed by atoms with Crippen molar-refractivity contribution >= 4 is 11.9 Å². The Kier molecular flexibility index (Phi) is 3.83. The highest BCUT2D eigenvalue weighted by Gasteiger charge is 2.38. The molecule has 0 aliphatic carbocycles. The number of aromatic hydroxyl groups is 1. The molecule has 0 aliphatic heterocycles. The molecule has 0 unspecified atom stereocenters. The smallest absolute Gasteiger partial charge is 0.451 e. The Balaban J connectivity index is 2.26. The van der Waals surface area contributed by atoms with Crippen LogP contribution >= 0.6 is 0 Å². The summed E-state index contributed by atoms with van der Waals surface area (Å²) >= 11 is 0. The van der Waals surface area contributed by atoms with E-state index in [9.17, 15) is 18.0 Å². The number of hydrogen-bond donors (Lipinski definition) is 2. The molecule has 1 amide bonds. The fourth-order valence-corrected chi connectivity index (χ4v) is 1.69. The Hall–Kier alpha value is -2.58. The average molecular weight is 300 g/mol. The molecule has 1 aromatic carbocycles. The van der Waals surface area contributed by atoms with Crippen LogP contribution in [0.4, 0.5) is 19.1 Å². The number of hydrogen-bond acceptors (Lipinski definition) is 4. The summed E-state index contributed by atoms with van der Waals surface area (Å²) in [4.78, 5) is 11.9. The van der Waals surface area contributed by atoms with Crippen molar-refractivity contribution in [2.24, 2.45) is 0 Å². The van der Waals surface area contributed by atoms with Gasteiger partial charge in [-0.15, -0.1) is 10.2 Å². The number of alkyl halides is 3. The van der Waals surface area contributed by atoms with E-state index < -0.39 is 17.9 Å². The molecule has 0 bridgehead atoms. The van der Waals surface area contributed by atoms with E-state index in [1.165, 1.54) is 31.2 Å². The van der Waals surface area contributed by atoms with Crippen molar-refractivity contribution in [2.45, 2.75) is 19.6 Å². The van der Waals surface area contributed by atoms with Gasteiger partial charge in [-0.05, 0) is 31.2 Å². The van der Waals surface area contributed by atoms with Gasteiger partial charge in [0, 0.05) is 12.1 Å². The molecule has 0 saturated carbocycles. The molecule has 1 aromatic heterocycles. The molecule has 9 heteroatoms. The van der Waals surface area contributed by atoms with Gasteiger partial charge in [-0.3, -0.25) is 14.7 Å². The summed E-state index contributed by atoms with van der Waals surface area (Å²) in [5.74, 6) is -2.14. The minimum Gasteiger partial charge on any atom is -0.508 e. The second kappa shape index (κ2) is 5.43. The molecule has 0 fully saturated rings. The molecular formula is C12H11F3N4O2. The number of halogens is 3. The Labute approximate surface area is 117 Å². The summed E-state index contributed by atoms with van der Waals surface area (Å²) in [5, 5.41) is 17.8. The minimum atomic E-state index is -4.65. The van der Waals surface area contributed by atoms with Crippen LogP contribution in [0, 0.1) is 0 Å². The van der Waals surface area contributed by atoms with Crippen molar-refractivity contribution in [3.63, 3.8) is 0 Å². The fourth-order valence-electron chi connectivity index (χ4n) is 1.69. The molecule has 0 saturated heterocycles. The lowest BCUT2D eigenvalue weighted by molar-refractivity contribution is -0.147. The Bertz CT molecular complexity index is 650. The summed E-state index contributed by atoms with van der Waals surface area (Å²) in [7, 11) is 0. The van der Waals surface area contributed by atoms with E-state index in [1.807, 2.05) is 0 Å². The Morgan fingerprint density at radius 2 is 1.90 bits per heavy atom. The third-order valence-electron chi connectivity index (χ3n) is 2.68. The number of benzene rings is 1. The number of nitrogens with one attached hydrogen (secondary N) is 1. The number of aromatic nitrogens is 3. The van der Waals surface area contributed by atoms with Crippen LogP contribution in [0.2, 0.25) is 0 Å². The fraction of sp³-hybridized carbons (Fsp3) is 0.250. The lowest BCUT2D eigenvalue weighted by Gasteiger charge is -2.10. The normalized spacial score (nSPS) is 11.4. The van der Waals surface area contributed by atoms with E-state index in [4.69, 9.17) is 5.11 Å². The van der Waals surface area contributed by atoms with Crippen molar-refractivity contribution in [2.75, 3.05) is 5.32 Å². The first-order valence-electron chi connectivity index (χ1n) is 5.93. The zero-order valence-electron chi connectivity index (χ0n) is 10.8. The third kappa shape index (κ3) is 3.12. The van der Waals surface area contributed by atoms with Crippen LogP contribution in [0.25, 0.3) is 0 Å². The number of anilines is 1. The van der Waals surface area contributed by atoms with Crippen LogP contribution < -0.4 is 5.32 Å². The van der Waals surface area contributed by atoms with Gasteiger partial charge in [0.2, 0.25) is 11.8 Å². The summed E-state index contributed by atoms with van der Waals surface area (Å²) in [6.07, 6.45) is -4.65. The largest absolute Gasteiger partial charge is 0.508 e. The van der Waals surface area contributed by atoms with Crippen molar-refractivity contribution in [1.82, 2.24) is 14.8 Å². The van der Waals surface area contributed by atoms with E-state index in [0.717, 1.165) is 4.57 Å². The minimum absolute atomic E-state index is 0.0253. The maximum atomic E-state index is 12.7. The summed E-state index contributed by atoms with van der Waals surface area (Å²) in [6, 6.07) is 5.26. The van der Waals surface area contributed by atoms with Crippen molar-refractivity contribution in [3.05, 3.63) is 35.7 Å². The molecular weight excluding hydrogens is 289 g/mol.